The minimum atomic E-state index is -1.22. The second kappa shape index (κ2) is 8.84. The van der Waals surface area contributed by atoms with E-state index in [1.807, 2.05) is 30.3 Å². The number of amides is 1. The van der Waals surface area contributed by atoms with Gasteiger partial charge in [0.1, 0.15) is 12.7 Å². The average Bonchev–Trinajstić information content (AvgIpc) is 2.50. The van der Waals surface area contributed by atoms with E-state index in [4.69, 9.17) is 4.74 Å². The maximum absolute atomic E-state index is 11.8. The van der Waals surface area contributed by atoms with Crippen molar-refractivity contribution in [1.82, 2.24) is 5.32 Å². The minimum absolute atomic E-state index is 0.0688. The number of methoxy groups -OCH3 is 1. The molecule has 0 saturated carbocycles. The zero-order chi connectivity index (χ0) is 16.5. The first-order valence-corrected chi connectivity index (χ1v) is 6.82. The Bertz CT molecular complexity index is 523. The summed E-state index contributed by atoms with van der Waals surface area (Å²) in [6.07, 6.45) is -0.541. The smallest absolute Gasteiger partial charge is 0.408 e. The van der Waals surface area contributed by atoms with Crippen LogP contribution >= 0.6 is 0 Å². The van der Waals surface area contributed by atoms with Gasteiger partial charge in [0, 0.05) is 0 Å². The molecule has 0 aliphatic carbocycles. The SMILES string of the molecule is COC(=O)[C@@H](NC(=O)OCc1ccccc1)[C@@H](O)C=C(C)C. The molecule has 6 heteroatoms. The van der Waals surface area contributed by atoms with E-state index in [-0.39, 0.29) is 6.61 Å². The van der Waals surface area contributed by atoms with Crippen LogP contribution in [0.25, 0.3) is 0 Å². The van der Waals surface area contributed by atoms with Crippen molar-refractivity contribution in [3.8, 4) is 0 Å². The quantitative estimate of drug-likeness (QED) is 0.618. The topological polar surface area (TPSA) is 84.9 Å². The summed E-state index contributed by atoms with van der Waals surface area (Å²) in [5.74, 6) is -0.748. The van der Waals surface area contributed by atoms with Crippen molar-refractivity contribution in [3.05, 3.63) is 47.5 Å². The van der Waals surface area contributed by atoms with Crippen LogP contribution in [0.2, 0.25) is 0 Å². The molecule has 0 bridgehead atoms. The molecule has 0 aliphatic heterocycles. The van der Waals surface area contributed by atoms with Gasteiger partial charge in [-0.2, -0.15) is 0 Å². The highest BCUT2D eigenvalue weighted by Crippen LogP contribution is 2.05. The van der Waals surface area contributed by atoms with Crippen molar-refractivity contribution in [1.29, 1.82) is 0 Å². The Morgan fingerprint density at radius 3 is 2.45 bits per heavy atom. The standard InChI is InChI=1S/C16H21NO5/c1-11(2)9-13(18)14(15(19)21-3)17-16(20)22-10-12-7-5-4-6-8-12/h4-9,13-14,18H,10H2,1-3H3,(H,17,20)/t13-,14-/m0/s1. The lowest BCUT2D eigenvalue weighted by atomic mass is 10.1. The monoisotopic (exact) mass is 307 g/mol. The maximum atomic E-state index is 11.8. The van der Waals surface area contributed by atoms with Crippen LogP contribution in [0, 0.1) is 0 Å². The molecule has 1 aromatic carbocycles. The number of hydrogen-bond donors (Lipinski definition) is 2. The number of carbonyl (C=O) groups excluding carboxylic acids is 2. The van der Waals surface area contributed by atoms with Gasteiger partial charge < -0.3 is 19.9 Å². The fraction of sp³-hybridized carbons (Fsp3) is 0.375. The van der Waals surface area contributed by atoms with Gasteiger partial charge in [0.25, 0.3) is 0 Å². The van der Waals surface area contributed by atoms with Gasteiger partial charge in [-0.3, -0.25) is 0 Å². The number of carbonyl (C=O) groups is 2. The highest BCUT2D eigenvalue weighted by atomic mass is 16.6. The fourth-order valence-electron chi connectivity index (χ4n) is 1.74. The summed E-state index contributed by atoms with van der Waals surface area (Å²) in [4.78, 5) is 23.4. The van der Waals surface area contributed by atoms with E-state index in [0.717, 1.165) is 11.1 Å². The molecular formula is C16H21NO5. The van der Waals surface area contributed by atoms with Gasteiger partial charge in [-0.15, -0.1) is 0 Å². The zero-order valence-corrected chi connectivity index (χ0v) is 12.9. The summed E-state index contributed by atoms with van der Waals surface area (Å²) in [6.45, 7) is 3.61. The number of hydrogen-bond acceptors (Lipinski definition) is 5. The third-order valence-electron chi connectivity index (χ3n) is 2.79. The molecule has 1 rings (SSSR count). The molecule has 2 atom stereocenters. The Labute approximate surface area is 129 Å². The second-order valence-corrected chi connectivity index (χ2v) is 4.94. The van der Waals surface area contributed by atoms with Gasteiger partial charge >= 0.3 is 12.1 Å². The fourth-order valence-corrected chi connectivity index (χ4v) is 1.74. The predicted molar refractivity (Wildman–Crippen MR) is 81.0 cm³/mol. The van der Waals surface area contributed by atoms with Gasteiger partial charge in [0.2, 0.25) is 0 Å². The lowest BCUT2D eigenvalue weighted by Crippen LogP contribution is -2.48. The van der Waals surface area contributed by atoms with E-state index >= 15 is 0 Å². The summed E-state index contributed by atoms with van der Waals surface area (Å²) in [6, 6.07) is 7.90. The number of benzene rings is 1. The van der Waals surface area contributed by atoms with Crippen LogP contribution in [0.15, 0.2) is 42.0 Å². The van der Waals surface area contributed by atoms with E-state index < -0.39 is 24.2 Å². The molecule has 0 aliphatic rings. The molecule has 0 unspecified atom stereocenters. The Balaban J connectivity index is 2.63. The molecule has 0 spiro atoms. The summed E-state index contributed by atoms with van der Waals surface area (Å²) in [7, 11) is 1.18. The molecular weight excluding hydrogens is 286 g/mol. The number of alkyl carbamates (subject to hydrolysis) is 1. The van der Waals surface area contributed by atoms with Crippen LogP contribution in [-0.4, -0.2) is 36.4 Å². The lowest BCUT2D eigenvalue weighted by Gasteiger charge is -2.19. The number of nitrogens with one attached hydrogen (secondary N) is 1. The number of allylic oxidation sites excluding steroid dienone is 1. The van der Waals surface area contributed by atoms with Crippen LogP contribution < -0.4 is 5.32 Å². The molecule has 0 radical (unpaired) electrons. The molecule has 6 nitrogen and oxygen atoms in total. The summed E-state index contributed by atoms with van der Waals surface area (Å²) >= 11 is 0. The molecule has 22 heavy (non-hydrogen) atoms. The largest absolute Gasteiger partial charge is 0.467 e. The molecule has 2 N–H and O–H groups in total. The maximum Gasteiger partial charge on any atom is 0.408 e. The first kappa shape index (κ1) is 17.7. The molecule has 1 amide bonds. The molecule has 0 heterocycles. The van der Waals surface area contributed by atoms with E-state index in [0.29, 0.717) is 0 Å². The first-order valence-electron chi connectivity index (χ1n) is 6.82. The van der Waals surface area contributed by atoms with E-state index in [2.05, 4.69) is 10.1 Å². The van der Waals surface area contributed by atoms with Gasteiger partial charge in [-0.1, -0.05) is 42.0 Å². The zero-order valence-electron chi connectivity index (χ0n) is 12.9. The highest BCUT2D eigenvalue weighted by Gasteiger charge is 2.28. The van der Waals surface area contributed by atoms with E-state index in [1.165, 1.54) is 13.2 Å². The van der Waals surface area contributed by atoms with Crippen LogP contribution in [0.3, 0.4) is 0 Å². The van der Waals surface area contributed by atoms with Crippen molar-refractivity contribution in [2.75, 3.05) is 7.11 Å². The van der Waals surface area contributed by atoms with E-state index in [9.17, 15) is 14.7 Å². The summed E-state index contributed by atoms with van der Waals surface area (Å²) in [5, 5.41) is 12.3. The highest BCUT2D eigenvalue weighted by molar-refractivity contribution is 5.82. The van der Waals surface area contributed by atoms with E-state index in [1.54, 1.807) is 13.8 Å². The Morgan fingerprint density at radius 2 is 1.91 bits per heavy atom. The Morgan fingerprint density at radius 1 is 1.27 bits per heavy atom. The lowest BCUT2D eigenvalue weighted by molar-refractivity contribution is -0.145. The van der Waals surface area contributed by atoms with Crippen LogP contribution in [0.1, 0.15) is 19.4 Å². The van der Waals surface area contributed by atoms with Crippen LogP contribution in [0.5, 0.6) is 0 Å². The van der Waals surface area contributed by atoms with Crippen molar-refractivity contribution >= 4 is 12.1 Å². The minimum Gasteiger partial charge on any atom is -0.467 e. The van der Waals surface area contributed by atoms with Gasteiger partial charge in [-0.25, -0.2) is 9.59 Å². The number of aliphatic hydroxyl groups is 1. The first-order chi connectivity index (χ1) is 10.4. The predicted octanol–water partition coefficient (Wildman–Crippen LogP) is 1.78. The second-order valence-electron chi connectivity index (χ2n) is 4.94. The van der Waals surface area contributed by atoms with Crippen LogP contribution in [-0.2, 0) is 20.9 Å². The third kappa shape index (κ3) is 5.97. The number of aliphatic hydroxyl groups excluding tert-OH is 1. The molecule has 1 aromatic rings. The third-order valence-corrected chi connectivity index (χ3v) is 2.79. The van der Waals surface area contributed by atoms with Gasteiger partial charge in [0.15, 0.2) is 6.04 Å². The Kier molecular flexibility index (Phi) is 7.12. The normalized spacial score (nSPS) is 12.7. The van der Waals surface area contributed by atoms with Crippen LogP contribution in [0.4, 0.5) is 4.79 Å². The molecule has 0 fully saturated rings. The Hall–Kier alpha value is -2.34. The van der Waals surface area contributed by atoms with Crippen molar-refractivity contribution in [2.24, 2.45) is 0 Å². The van der Waals surface area contributed by atoms with Crippen molar-refractivity contribution in [3.63, 3.8) is 0 Å². The average molecular weight is 307 g/mol. The van der Waals surface area contributed by atoms with Crippen molar-refractivity contribution < 1.29 is 24.2 Å². The number of ether oxygens (including phenoxy) is 2. The summed E-state index contributed by atoms with van der Waals surface area (Å²) in [5.41, 5.74) is 1.62. The van der Waals surface area contributed by atoms with Gasteiger partial charge in [0.05, 0.1) is 7.11 Å². The molecule has 0 saturated heterocycles. The molecule has 0 aromatic heterocycles. The number of esters is 1. The number of rotatable bonds is 6. The molecule has 120 valence electrons. The van der Waals surface area contributed by atoms with Crippen molar-refractivity contribution in [2.45, 2.75) is 32.6 Å². The van der Waals surface area contributed by atoms with Gasteiger partial charge in [-0.05, 0) is 19.4 Å². The summed E-state index contributed by atoms with van der Waals surface area (Å²) < 4.78 is 9.60.